The van der Waals surface area contributed by atoms with Crippen LogP contribution in [0.2, 0.25) is 18.1 Å². The van der Waals surface area contributed by atoms with Gasteiger partial charge in [-0.05, 0) is 30.6 Å². The van der Waals surface area contributed by atoms with E-state index >= 15 is 0 Å². The Labute approximate surface area is 120 Å². The molecule has 5 nitrogen and oxygen atoms in total. The van der Waals surface area contributed by atoms with Gasteiger partial charge in [-0.25, -0.2) is 0 Å². The lowest BCUT2D eigenvalue weighted by molar-refractivity contribution is -0.154. The lowest BCUT2D eigenvalue weighted by atomic mass is 9.97. The molecule has 1 fully saturated rings. The molecule has 0 unspecified atom stereocenters. The predicted octanol–water partition coefficient (Wildman–Crippen LogP) is 2.21. The molecule has 1 amide bonds. The number of carbonyl (C=O) groups excluding carboxylic acids is 1. The van der Waals surface area contributed by atoms with E-state index in [9.17, 15) is 14.7 Å². The molecule has 2 heterocycles. The Balaban J connectivity index is 2.41. The van der Waals surface area contributed by atoms with Gasteiger partial charge in [0.15, 0.2) is 14.0 Å². The fraction of sp³-hybridized carbons (Fsp3) is 0.714. The van der Waals surface area contributed by atoms with E-state index in [2.05, 4.69) is 33.9 Å². The Morgan fingerprint density at radius 2 is 2.10 bits per heavy atom. The normalized spacial score (nSPS) is 29.9. The Bertz CT molecular complexity index is 480. The predicted molar refractivity (Wildman–Crippen MR) is 77.6 cm³/mol. The van der Waals surface area contributed by atoms with E-state index in [1.54, 1.807) is 11.0 Å². The van der Waals surface area contributed by atoms with Gasteiger partial charge in [-0.15, -0.1) is 0 Å². The van der Waals surface area contributed by atoms with E-state index in [0.29, 0.717) is 13.0 Å². The molecule has 0 aliphatic carbocycles. The lowest BCUT2D eigenvalue weighted by Crippen LogP contribution is -2.57. The first-order valence-electron chi connectivity index (χ1n) is 6.95. The molecule has 2 aliphatic heterocycles. The molecule has 0 spiro atoms. The standard InChI is InChI=1S/C14H23NO4Si/c1-13(2,3)20(4,5)19-14-8-6-11(16)15(14)9-7-10(14)12(17)18/h6,8,10H,7,9H2,1-5H3,(H,17,18)/t10-,14-/m0/s1. The second-order valence-corrected chi connectivity index (χ2v) is 11.8. The highest BCUT2D eigenvalue weighted by Gasteiger charge is 2.59. The third-order valence-electron chi connectivity index (χ3n) is 4.82. The van der Waals surface area contributed by atoms with Crippen molar-refractivity contribution >= 4 is 20.2 Å². The van der Waals surface area contributed by atoms with Gasteiger partial charge >= 0.3 is 5.97 Å². The fourth-order valence-electron chi connectivity index (χ4n) is 2.62. The summed E-state index contributed by atoms with van der Waals surface area (Å²) >= 11 is 0. The van der Waals surface area contributed by atoms with Crippen LogP contribution >= 0.6 is 0 Å². The van der Waals surface area contributed by atoms with Crippen molar-refractivity contribution in [2.75, 3.05) is 6.54 Å². The van der Waals surface area contributed by atoms with Gasteiger partial charge in [0, 0.05) is 12.6 Å². The van der Waals surface area contributed by atoms with Gasteiger partial charge < -0.3 is 14.4 Å². The van der Waals surface area contributed by atoms with Crippen molar-refractivity contribution in [1.82, 2.24) is 4.90 Å². The average Bonchev–Trinajstić information content (AvgIpc) is 2.75. The highest BCUT2D eigenvalue weighted by atomic mass is 28.4. The molecule has 0 aromatic carbocycles. The van der Waals surface area contributed by atoms with Gasteiger partial charge in [0.05, 0.1) is 0 Å². The van der Waals surface area contributed by atoms with Crippen LogP contribution in [-0.4, -0.2) is 42.5 Å². The number of rotatable bonds is 3. The monoisotopic (exact) mass is 297 g/mol. The maximum Gasteiger partial charge on any atom is 0.311 e. The summed E-state index contributed by atoms with van der Waals surface area (Å²) in [6.07, 6.45) is 3.55. The van der Waals surface area contributed by atoms with Crippen LogP contribution in [0.15, 0.2) is 12.2 Å². The largest absolute Gasteiger partial charge is 0.481 e. The maximum atomic E-state index is 11.9. The minimum atomic E-state index is -2.19. The first kappa shape index (κ1) is 15.2. The molecule has 2 atom stereocenters. The van der Waals surface area contributed by atoms with Gasteiger partial charge in [-0.2, -0.15) is 0 Å². The molecule has 112 valence electrons. The molecule has 2 aliphatic rings. The maximum absolute atomic E-state index is 11.9. The van der Waals surface area contributed by atoms with Crippen molar-refractivity contribution in [3.63, 3.8) is 0 Å². The summed E-state index contributed by atoms with van der Waals surface area (Å²) in [6, 6.07) is 0. The molecule has 0 aromatic heterocycles. The zero-order valence-electron chi connectivity index (χ0n) is 12.8. The van der Waals surface area contributed by atoms with Crippen molar-refractivity contribution in [2.24, 2.45) is 5.92 Å². The number of carboxylic acid groups (broad SMARTS) is 1. The number of carbonyl (C=O) groups is 2. The van der Waals surface area contributed by atoms with Crippen molar-refractivity contribution < 1.29 is 19.1 Å². The van der Waals surface area contributed by atoms with Crippen LogP contribution in [0.1, 0.15) is 27.2 Å². The topological polar surface area (TPSA) is 66.8 Å². The first-order chi connectivity index (χ1) is 9.01. The lowest BCUT2D eigenvalue weighted by Gasteiger charge is -2.45. The number of nitrogens with zero attached hydrogens (tertiary/aromatic N) is 1. The molecule has 0 saturated carbocycles. The van der Waals surface area contributed by atoms with Crippen LogP contribution in [0.3, 0.4) is 0 Å². The van der Waals surface area contributed by atoms with Gasteiger partial charge in [0.2, 0.25) is 5.91 Å². The van der Waals surface area contributed by atoms with Crippen LogP contribution < -0.4 is 0 Å². The van der Waals surface area contributed by atoms with E-state index < -0.39 is 25.9 Å². The molecule has 1 saturated heterocycles. The zero-order chi connectivity index (χ0) is 15.3. The van der Waals surface area contributed by atoms with Crippen LogP contribution in [0.25, 0.3) is 0 Å². The summed E-state index contributed by atoms with van der Waals surface area (Å²) in [5.74, 6) is -1.72. The number of carboxylic acids is 1. The van der Waals surface area contributed by atoms with Gasteiger partial charge in [-0.1, -0.05) is 20.8 Å². The van der Waals surface area contributed by atoms with Gasteiger partial charge in [0.25, 0.3) is 0 Å². The molecule has 6 heteroatoms. The zero-order valence-corrected chi connectivity index (χ0v) is 13.8. The Hall–Kier alpha value is -1.14. The summed E-state index contributed by atoms with van der Waals surface area (Å²) in [6.45, 7) is 10.9. The SMILES string of the molecule is CC(C)(C)[Si](C)(C)O[C@]12C=CC(=O)N1CC[C@H]2C(=O)O. The van der Waals surface area contributed by atoms with Gasteiger partial charge in [0.1, 0.15) is 5.92 Å². The quantitative estimate of drug-likeness (QED) is 0.811. The fourth-order valence-corrected chi connectivity index (χ4v) is 4.06. The number of amides is 1. The summed E-state index contributed by atoms with van der Waals surface area (Å²) in [5, 5.41) is 9.43. The summed E-state index contributed by atoms with van der Waals surface area (Å²) in [7, 11) is -2.19. The number of fused-ring (bicyclic) bond motifs is 1. The average molecular weight is 297 g/mol. The van der Waals surface area contributed by atoms with Crippen molar-refractivity contribution in [3.05, 3.63) is 12.2 Å². The van der Waals surface area contributed by atoms with E-state index in [1.165, 1.54) is 6.08 Å². The van der Waals surface area contributed by atoms with Crippen LogP contribution in [0.5, 0.6) is 0 Å². The van der Waals surface area contributed by atoms with Crippen LogP contribution in [0, 0.1) is 5.92 Å². The molecular weight excluding hydrogens is 274 g/mol. The number of hydrogen-bond donors (Lipinski definition) is 1. The Morgan fingerprint density at radius 1 is 1.50 bits per heavy atom. The van der Waals surface area contributed by atoms with E-state index in [0.717, 1.165) is 0 Å². The molecular formula is C14H23NO4Si. The van der Waals surface area contributed by atoms with E-state index in [4.69, 9.17) is 4.43 Å². The van der Waals surface area contributed by atoms with Crippen molar-refractivity contribution in [2.45, 2.75) is 51.0 Å². The Kier molecular flexibility index (Phi) is 3.38. The summed E-state index contributed by atoms with van der Waals surface area (Å²) in [4.78, 5) is 25.1. The first-order valence-corrected chi connectivity index (χ1v) is 9.86. The molecule has 0 aromatic rings. The van der Waals surface area contributed by atoms with Gasteiger partial charge in [-0.3, -0.25) is 9.59 Å². The third kappa shape index (κ3) is 2.11. The summed E-state index contributed by atoms with van der Waals surface area (Å²) < 4.78 is 6.40. The number of hydrogen-bond acceptors (Lipinski definition) is 3. The molecule has 0 radical (unpaired) electrons. The van der Waals surface area contributed by atoms with Crippen LogP contribution in [-0.2, 0) is 14.0 Å². The molecule has 2 rings (SSSR count). The Morgan fingerprint density at radius 3 is 2.60 bits per heavy atom. The third-order valence-corrected chi connectivity index (χ3v) is 9.27. The molecule has 20 heavy (non-hydrogen) atoms. The van der Waals surface area contributed by atoms with Crippen LogP contribution in [0.4, 0.5) is 0 Å². The minimum Gasteiger partial charge on any atom is -0.481 e. The molecule has 1 N–H and O–H groups in total. The van der Waals surface area contributed by atoms with Crippen molar-refractivity contribution in [1.29, 1.82) is 0 Å². The van der Waals surface area contributed by atoms with E-state index in [-0.39, 0.29) is 10.9 Å². The number of aliphatic carboxylic acids is 1. The highest BCUT2D eigenvalue weighted by Crippen LogP contribution is 2.47. The summed E-state index contributed by atoms with van der Waals surface area (Å²) in [5.41, 5.74) is -1.08. The highest BCUT2D eigenvalue weighted by molar-refractivity contribution is 6.74. The second-order valence-electron chi connectivity index (χ2n) is 7.12. The second kappa shape index (κ2) is 4.43. The van der Waals surface area contributed by atoms with E-state index in [1.807, 2.05) is 0 Å². The minimum absolute atomic E-state index is 0.0431. The smallest absolute Gasteiger partial charge is 0.311 e. The van der Waals surface area contributed by atoms with Crippen molar-refractivity contribution in [3.8, 4) is 0 Å². The molecule has 0 bridgehead atoms.